The Kier molecular flexibility index (Phi) is 26.4. The Morgan fingerprint density at radius 3 is 1.70 bits per heavy atom. The molecule has 42 atom stereocenters. The number of carboxylic acids is 1. The number of esters is 2. The summed E-state index contributed by atoms with van der Waals surface area (Å²) in [4.78, 5) is 40.5. The Labute approximate surface area is 630 Å². The van der Waals surface area contributed by atoms with Gasteiger partial charge in [0.1, 0.15) is 127 Å². The summed E-state index contributed by atoms with van der Waals surface area (Å²) in [7, 11) is 0. The van der Waals surface area contributed by atoms with Crippen LogP contribution in [0.25, 0.3) is 0 Å². The van der Waals surface area contributed by atoms with Gasteiger partial charge in [0, 0.05) is 5.41 Å². The molecule has 5 aliphatic carbocycles. The third-order valence-electron chi connectivity index (χ3n) is 26.9. The van der Waals surface area contributed by atoms with Crippen molar-refractivity contribution in [3.8, 4) is 0 Å². The lowest BCUT2D eigenvalue weighted by Crippen LogP contribution is -2.71. The van der Waals surface area contributed by atoms with Gasteiger partial charge in [0.25, 0.3) is 0 Å². The van der Waals surface area contributed by atoms with Crippen LogP contribution < -0.4 is 0 Å². The van der Waals surface area contributed by atoms with Gasteiger partial charge in [0.15, 0.2) is 37.6 Å². The molecule has 0 aromatic carbocycles. The van der Waals surface area contributed by atoms with Crippen LogP contribution in [-0.4, -0.2) is 350 Å². The number of carboxylic acid groups (broad SMARTS) is 1. The van der Waals surface area contributed by atoms with Gasteiger partial charge in [-0.25, -0.2) is 0 Å². The normalized spacial score (nSPS) is 51.9. The summed E-state index contributed by atoms with van der Waals surface area (Å²) in [5, 5.41) is 213. The highest BCUT2D eigenvalue weighted by Gasteiger charge is 2.74. The SMILES string of the molecule is CC(CC(=O)O)OC(=O)CC(C)O[C@@H]1[C@H](O)[C@@H](O[C@@H]2O[C@@H](C)[C@H](O[C@@H]3OC[C@@H](O)[C@H](O[C@H]4O[C@@H](C)[C@H](O)[C@@H](O)[C@H]4O)[C@H]3O)[C@@H](O)[C@H]2O)[C@H](OC(=O)C23CCC(C)(C)CC2C2=CCC4C5(C)CC(O)C(O[C@@H]6O[C@H](CO)[C@@H](O)[C@H](O[C@@H]7O[C@@H](CO)[C@H](O)[C@@H](O)[C@H]7O)[C@H]6O)[C@@](C)(CO)[C@@H]5CCC4(C)[C@]2(C)C[C@H]3O)O[C@@H]1C. The average Bonchev–Trinajstić information content (AvgIpc) is 0.668. The van der Waals surface area contributed by atoms with Crippen molar-refractivity contribution in [3.63, 3.8) is 0 Å². The Balaban J connectivity index is 0.840. The minimum Gasteiger partial charge on any atom is -0.481 e. The molecular weight excluding hydrogens is 1450 g/mol. The lowest BCUT2D eigenvalue weighted by atomic mass is 9.33. The lowest BCUT2D eigenvalue weighted by molar-refractivity contribution is -0.381. The highest BCUT2D eigenvalue weighted by Crippen LogP contribution is 2.76. The zero-order chi connectivity index (χ0) is 80.2. The first-order valence-electron chi connectivity index (χ1n) is 38.2. The largest absolute Gasteiger partial charge is 0.481 e. The highest BCUT2D eigenvalue weighted by atomic mass is 16.8. The van der Waals surface area contributed by atoms with E-state index in [-0.39, 0.29) is 25.2 Å². The quantitative estimate of drug-likeness (QED) is 0.0276. The van der Waals surface area contributed by atoms with Gasteiger partial charge in [-0.1, -0.05) is 53.2 Å². The molecule has 11 rings (SSSR count). The highest BCUT2D eigenvalue weighted by molar-refractivity contribution is 5.80. The maximum absolute atomic E-state index is 16.1. The number of allylic oxidation sites excluding steroid dienone is 2. The van der Waals surface area contributed by atoms with Crippen LogP contribution in [0.2, 0.25) is 0 Å². The fourth-order valence-electron chi connectivity index (χ4n) is 20.6. The Morgan fingerprint density at radius 1 is 0.514 bits per heavy atom. The van der Waals surface area contributed by atoms with E-state index in [2.05, 4.69) is 40.7 Å². The number of rotatable bonds is 22. The summed E-state index contributed by atoms with van der Waals surface area (Å²) < 4.78 is 84.0. The van der Waals surface area contributed by atoms with Gasteiger partial charge in [-0.2, -0.15) is 0 Å². The van der Waals surface area contributed by atoms with Gasteiger partial charge < -0.3 is 163 Å². The predicted molar refractivity (Wildman–Crippen MR) is 363 cm³/mol. The molecule has 0 radical (unpaired) electrons. The molecule has 36 heteroatoms. The van der Waals surface area contributed by atoms with Crippen molar-refractivity contribution in [2.75, 3.05) is 26.4 Å². The van der Waals surface area contributed by atoms with Crippen molar-refractivity contribution in [2.45, 2.75) is 349 Å². The Hall–Kier alpha value is -3.05. The molecule has 0 aromatic heterocycles. The van der Waals surface area contributed by atoms with E-state index in [1.54, 1.807) is 6.92 Å². The minimum atomic E-state index is -2.09. The predicted octanol–water partition coefficient (Wildman–Crippen LogP) is -4.54. The molecule has 4 saturated carbocycles. The number of fused-ring (bicyclic) bond motifs is 7. The van der Waals surface area contributed by atoms with Crippen LogP contribution in [-0.2, 0) is 80.7 Å². The van der Waals surface area contributed by atoms with E-state index in [1.807, 2.05) is 0 Å². The second-order valence-electron chi connectivity index (χ2n) is 34.5. The topological polar surface area (TPSA) is 565 Å². The van der Waals surface area contributed by atoms with Gasteiger partial charge >= 0.3 is 17.9 Å². The number of hydrogen-bond donors (Lipinski definition) is 19. The van der Waals surface area contributed by atoms with Crippen LogP contribution in [0.15, 0.2) is 11.6 Å². The number of carbonyl (C=O) groups is 3. The van der Waals surface area contributed by atoms with Crippen molar-refractivity contribution in [1.29, 1.82) is 0 Å². The molecule has 6 aliphatic heterocycles. The van der Waals surface area contributed by atoms with Crippen molar-refractivity contribution < 1.29 is 178 Å². The van der Waals surface area contributed by atoms with E-state index in [1.165, 1.54) is 34.6 Å². The van der Waals surface area contributed by atoms with Gasteiger partial charge in [-0.05, 0) is 125 Å². The standard InChI is InChI=1S/C73H118O36/c1-27(18-41(80)81)97-42(82)19-28(2)98-56-31(5)101-66(59(52(56)92)107-63-51(91)48(88)55(30(4)100-63)104-61-53(93)57(35(78)25-96-61)105-62-49(89)46(86)43(83)29(3)99-62)109-67(95)73-17-16-68(6,7)20-33(73)32-12-13-39-69(8)21-34(77)60(70(9,26-76)38(69)14-15-71(39,10)72(32,11)22-40(73)79)108-65-54(94)58(45(85)37(24-75)103-65)106-64-50(90)47(87)44(84)36(23-74)102-64/h12,27-31,33-40,43-66,74-79,83-94H,13-26H2,1-11H3,(H,80,81)/t27?,28?,29-,30-,31+,33?,34?,35+,36-,37+,38+,39?,40+,43-,44-,45+,46+,47+,48-,49+,50+,51+,52-,53+,54+,55-,56-,57-,58-,59+,60?,61-,62+,63-,64-,65-,66-,69?,70-,71?,72+,73?/m0/s1. The number of aliphatic carboxylic acids is 1. The summed E-state index contributed by atoms with van der Waals surface area (Å²) in [5.74, 6) is -4.37. The van der Waals surface area contributed by atoms with Gasteiger partial charge in [-0.15, -0.1) is 0 Å². The van der Waals surface area contributed by atoms with Crippen molar-refractivity contribution in [3.05, 3.63) is 11.6 Å². The van der Waals surface area contributed by atoms with Crippen molar-refractivity contribution in [1.82, 2.24) is 0 Å². The maximum Gasteiger partial charge on any atom is 0.317 e. The Bertz CT molecular complexity index is 3150. The fourth-order valence-corrected chi connectivity index (χ4v) is 20.6. The van der Waals surface area contributed by atoms with Crippen LogP contribution in [0.1, 0.15) is 140 Å². The number of aliphatic hydroxyl groups excluding tert-OH is 18. The van der Waals surface area contributed by atoms with E-state index < -0.39 is 310 Å². The number of aliphatic hydroxyl groups is 18. The second-order valence-corrected chi connectivity index (χ2v) is 34.5. The third-order valence-corrected chi connectivity index (χ3v) is 26.9. The van der Waals surface area contributed by atoms with Crippen molar-refractivity contribution >= 4 is 17.9 Å². The van der Waals surface area contributed by atoms with E-state index in [4.69, 9.17) is 66.3 Å². The van der Waals surface area contributed by atoms with Crippen LogP contribution in [0.5, 0.6) is 0 Å². The zero-order valence-corrected chi connectivity index (χ0v) is 63.3. The van der Waals surface area contributed by atoms with Crippen LogP contribution >= 0.6 is 0 Å². The van der Waals surface area contributed by atoms with Crippen LogP contribution in [0.4, 0.5) is 0 Å². The lowest BCUT2D eigenvalue weighted by Gasteiger charge is -2.72. The molecule has 109 heavy (non-hydrogen) atoms. The second kappa shape index (κ2) is 33.2. The van der Waals surface area contributed by atoms with Gasteiger partial charge in [0.05, 0.1) is 82.0 Å². The zero-order valence-electron chi connectivity index (χ0n) is 63.3. The first kappa shape index (κ1) is 86.8. The summed E-state index contributed by atoms with van der Waals surface area (Å²) >= 11 is 0. The molecule has 11 aliphatic rings. The van der Waals surface area contributed by atoms with Gasteiger partial charge in [0.2, 0.25) is 6.29 Å². The van der Waals surface area contributed by atoms with E-state index in [0.717, 1.165) is 5.57 Å². The van der Waals surface area contributed by atoms with Gasteiger partial charge in [-0.3, -0.25) is 14.4 Å². The molecule has 19 N–H and O–H groups in total. The molecule has 0 aromatic rings. The molecule has 0 amide bonds. The van der Waals surface area contributed by atoms with Crippen LogP contribution in [0, 0.1) is 50.2 Å². The molecule has 10 fully saturated rings. The molecule has 0 bridgehead atoms. The molecule has 6 saturated heterocycles. The molecule has 0 spiro atoms. The molecule has 626 valence electrons. The molecule has 36 nitrogen and oxygen atoms in total. The first-order chi connectivity index (χ1) is 51.0. The fraction of sp³-hybridized carbons (Fsp3) is 0.932. The molecule has 9 unspecified atom stereocenters. The van der Waals surface area contributed by atoms with E-state index in [0.29, 0.717) is 32.1 Å². The Morgan fingerprint density at radius 2 is 1.06 bits per heavy atom. The summed E-state index contributed by atoms with van der Waals surface area (Å²) in [6, 6.07) is 0. The first-order valence-corrected chi connectivity index (χ1v) is 38.2. The minimum absolute atomic E-state index is 0.0197. The number of hydrogen-bond acceptors (Lipinski definition) is 35. The number of ether oxygens (including phenoxy) is 14. The summed E-state index contributed by atoms with van der Waals surface area (Å²) in [5.41, 5.74) is -4.90. The molecule has 6 heterocycles. The van der Waals surface area contributed by atoms with E-state index in [9.17, 15) is 107 Å². The average molecular weight is 1570 g/mol. The van der Waals surface area contributed by atoms with Crippen LogP contribution in [0.3, 0.4) is 0 Å². The smallest absolute Gasteiger partial charge is 0.317 e. The summed E-state index contributed by atoms with van der Waals surface area (Å²) in [6.07, 6.45) is -52.0. The monoisotopic (exact) mass is 1570 g/mol. The van der Waals surface area contributed by atoms with E-state index >= 15 is 4.79 Å². The maximum atomic E-state index is 16.1. The van der Waals surface area contributed by atoms with Crippen molar-refractivity contribution in [2.24, 2.45) is 50.2 Å². The summed E-state index contributed by atoms with van der Waals surface area (Å²) in [6.45, 7) is 16.6. The third kappa shape index (κ3) is 15.8. The molecular formula is C73H118O36. The number of carbonyl (C=O) groups excluding carboxylic acids is 2.